The van der Waals surface area contributed by atoms with Crippen LogP contribution in [0, 0.1) is 5.41 Å². The molecule has 21 heavy (non-hydrogen) atoms. The van der Waals surface area contributed by atoms with Gasteiger partial charge in [0.05, 0.1) is 12.7 Å². The summed E-state index contributed by atoms with van der Waals surface area (Å²) in [6.07, 6.45) is 3.34. The Labute approximate surface area is 128 Å². The SMILES string of the molecule is CCOC1(C(O)c2cccc(OC)c2)CCC(C)(C)CC1. The van der Waals surface area contributed by atoms with Crippen LogP contribution in [0.3, 0.4) is 0 Å². The molecule has 0 saturated heterocycles. The van der Waals surface area contributed by atoms with Gasteiger partial charge in [-0.25, -0.2) is 0 Å². The highest BCUT2D eigenvalue weighted by atomic mass is 16.5. The molecule has 118 valence electrons. The average Bonchev–Trinajstić information content (AvgIpc) is 2.49. The Bertz CT molecular complexity index is 457. The van der Waals surface area contributed by atoms with E-state index < -0.39 is 11.7 Å². The van der Waals surface area contributed by atoms with E-state index >= 15 is 0 Å². The van der Waals surface area contributed by atoms with E-state index in [0.717, 1.165) is 37.0 Å². The van der Waals surface area contributed by atoms with Gasteiger partial charge < -0.3 is 14.6 Å². The summed E-state index contributed by atoms with van der Waals surface area (Å²) in [6, 6.07) is 7.68. The molecule has 0 radical (unpaired) electrons. The molecule has 3 heteroatoms. The maximum absolute atomic E-state index is 10.9. The van der Waals surface area contributed by atoms with Gasteiger partial charge in [0.2, 0.25) is 0 Å². The van der Waals surface area contributed by atoms with E-state index in [1.807, 2.05) is 31.2 Å². The number of benzene rings is 1. The molecule has 0 aromatic heterocycles. The Morgan fingerprint density at radius 3 is 2.43 bits per heavy atom. The third-order valence-corrected chi connectivity index (χ3v) is 4.79. The first-order valence-electron chi connectivity index (χ1n) is 7.88. The number of ether oxygens (including phenoxy) is 2. The predicted molar refractivity (Wildman–Crippen MR) is 84.6 cm³/mol. The van der Waals surface area contributed by atoms with Crippen molar-refractivity contribution in [1.82, 2.24) is 0 Å². The first-order valence-corrected chi connectivity index (χ1v) is 7.88. The third-order valence-electron chi connectivity index (χ3n) is 4.79. The topological polar surface area (TPSA) is 38.7 Å². The minimum Gasteiger partial charge on any atom is -0.497 e. The lowest BCUT2D eigenvalue weighted by Crippen LogP contribution is -2.44. The Kier molecular flexibility index (Phi) is 4.95. The molecule has 0 heterocycles. The molecule has 0 aliphatic heterocycles. The smallest absolute Gasteiger partial charge is 0.119 e. The van der Waals surface area contributed by atoms with Crippen LogP contribution in [0.5, 0.6) is 5.75 Å². The molecule has 1 saturated carbocycles. The van der Waals surface area contributed by atoms with Crippen molar-refractivity contribution in [1.29, 1.82) is 0 Å². The van der Waals surface area contributed by atoms with Crippen LogP contribution in [0.2, 0.25) is 0 Å². The Hall–Kier alpha value is -1.06. The molecule has 0 amide bonds. The van der Waals surface area contributed by atoms with Crippen LogP contribution < -0.4 is 4.74 Å². The lowest BCUT2D eigenvalue weighted by Gasteiger charge is -2.46. The van der Waals surface area contributed by atoms with Crippen molar-refractivity contribution in [3.8, 4) is 5.75 Å². The minimum atomic E-state index is -0.608. The fourth-order valence-electron chi connectivity index (χ4n) is 3.25. The molecule has 1 unspecified atom stereocenters. The molecule has 3 nitrogen and oxygen atoms in total. The van der Waals surface area contributed by atoms with Gasteiger partial charge in [-0.3, -0.25) is 0 Å². The second-order valence-electron chi connectivity index (χ2n) is 6.84. The van der Waals surface area contributed by atoms with Crippen LogP contribution in [0.15, 0.2) is 24.3 Å². The molecule has 1 fully saturated rings. The van der Waals surface area contributed by atoms with E-state index in [-0.39, 0.29) is 0 Å². The molecule has 1 aromatic rings. The second kappa shape index (κ2) is 6.37. The number of hydrogen-bond acceptors (Lipinski definition) is 3. The van der Waals surface area contributed by atoms with Crippen molar-refractivity contribution in [3.63, 3.8) is 0 Å². The largest absolute Gasteiger partial charge is 0.497 e. The molecule has 1 N–H and O–H groups in total. The van der Waals surface area contributed by atoms with Gasteiger partial charge >= 0.3 is 0 Å². The predicted octanol–water partition coefficient (Wildman–Crippen LogP) is 4.10. The third kappa shape index (κ3) is 3.58. The van der Waals surface area contributed by atoms with Crippen molar-refractivity contribution in [3.05, 3.63) is 29.8 Å². The molecule has 1 aliphatic carbocycles. The van der Waals surface area contributed by atoms with E-state index in [4.69, 9.17) is 9.47 Å². The minimum absolute atomic E-state index is 0.342. The van der Waals surface area contributed by atoms with E-state index in [9.17, 15) is 5.11 Å². The van der Waals surface area contributed by atoms with Crippen molar-refractivity contribution in [2.24, 2.45) is 5.41 Å². The van der Waals surface area contributed by atoms with Crippen molar-refractivity contribution in [2.45, 2.75) is 58.2 Å². The fourth-order valence-corrected chi connectivity index (χ4v) is 3.25. The highest BCUT2D eigenvalue weighted by molar-refractivity contribution is 5.31. The van der Waals surface area contributed by atoms with Gasteiger partial charge in [0, 0.05) is 6.61 Å². The maximum Gasteiger partial charge on any atom is 0.119 e. The number of methoxy groups -OCH3 is 1. The molecule has 1 aliphatic rings. The zero-order chi connectivity index (χ0) is 15.5. The Balaban J connectivity index is 2.25. The van der Waals surface area contributed by atoms with Gasteiger partial charge in [-0.15, -0.1) is 0 Å². The summed E-state index contributed by atoms with van der Waals surface area (Å²) in [6.45, 7) is 7.21. The Morgan fingerprint density at radius 1 is 1.19 bits per heavy atom. The Morgan fingerprint density at radius 2 is 1.86 bits per heavy atom. The van der Waals surface area contributed by atoms with Gasteiger partial charge in [-0.05, 0) is 55.7 Å². The summed E-state index contributed by atoms with van der Waals surface area (Å²) in [5, 5.41) is 10.9. The first kappa shape index (κ1) is 16.3. The molecule has 0 spiro atoms. The molecular formula is C18H28O3. The van der Waals surface area contributed by atoms with E-state index in [2.05, 4.69) is 13.8 Å². The van der Waals surface area contributed by atoms with Crippen LogP contribution in [0.1, 0.15) is 58.1 Å². The van der Waals surface area contributed by atoms with Gasteiger partial charge in [-0.1, -0.05) is 26.0 Å². The van der Waals surface area contributed by atoms with Crippen molar-refractivity contribution < 1.29 is 14.6 Å². The standard InChI is InChI=1S/C18H28O3/c1-5-21-18(11-9-17(2,3)10-12-18)16(19)14-7-6-8-15(13-14)20-4/h6-8,13,16,19H,5,9-12H2,1-4H3. The molecule has 0 bridgehead atoms. The van der Waals surface area contributed by atoms with Crippen molar-refractivity contribution in [2.75, 3.05) is 13.7 Å². The normalized spacial score (nSPS) is 21.8. The zero-order valence-corrected chi connectivity index (χ0v) is 13.7. The van der Waals surface area contributed by atoms with Gasteiger partial charge in [0.25, 0.3) is 0 Å². The lowest BCUT2D eigenvalue weighted by molar-refractivity contribution is -0.153. The molecule has 1 atom stereocenters. The van der Waals surface area contributed by atoms with Gasteiger partial charge in [-0.2, -0.15) is 0 Å². The molecular weight excluding hydrogens is 264 g/mol. The zero-order valence-electron chi connectivity index (χ0n) is 13.7. The molecule has 1 aromatic carbocycles. The summed E-state index contributed by atoms with van der Waals surface area (Å²) in [5.41, 5.74) is 0.758. The molecule has 2 rings (SSSR count). The van der Waals surface area contributed by atoms with Crippen LogP contribution in [0.4, 0.5) is 0 Å². The van der Waals surface area contributed by atoms with Crippen LogP contribution >= 0.6 is 0 Å². The van der Waals surface area contributed by atoms with Gasteiger partial charge in [0.1, 0.15) is 11.9 Å². The summed E-state index contributed by atoms with van der Waals surface area (Å²) < 4.78 is 11.3. The average molecular weight is 292 g/mol. The quantitative estimate of drug-likeness (QED) is 0.888. The summed E-state index contributed by atoms with van der Waals surface area (Å²) in [7, 11) is 1.65. The number of aliphatic hydroxyl groups is 1. The number of hydrogen-bond donors (Lipinski definition) is 1. The monoisotopic (exact) mass is 292 g/mol. The first-order chi connectivity index (χ1) is 9.92. The van der Waals surface area contributed by atoms with E-state index in [1.54, 1.807) is 7.11 Å². The highest BCUT2D eigenvalue weighted by Crippen LogP contribution is 2.47. The summed E-state index contributed by atoms with van der Waals surface area (Å²) in [5.74, 6) is 0.773. The summed E-state index contributed by atoms with van der Waals surface area (Å²) in [4.78, 5) is 0. The van der Waals surface area contributed by atoms with Crippen LogP contribution in [-0.2, 0) is 4.74 Å². The van der Waals surface area contributed by atoms with E-state index in [1.165, 1.54) is 0 Å². The lowest BCUT2D eigenvalue weighted by atomic mass is 9.68. The number of aliphatic hydroxyl groups excluding tert-OH is 1. The van der Waals surface area contributed by atoms with E-state index in [0.29, 0.717) is 12.0 Å². The fraction of sp³-hybridized carbons (Fsp3) is 0.667. The number of rotatable bonds is 5. The second-order valence-corrected chi connectivity index (χ2v) is 6.84. The van der Waals surface area contributed by atoms with Crippen molar-refractivity contribution >= 4 is 0 Å². The summed E-state index contributed by atoms with van der Waals surface area (Å²) >= 11 is 0. The van der Waals surface area contributed by atoms with Crippen LogP contribution in [-0.4, -0.2) is 24.4 Å². The maximum atomic E-state index is 10.9. The van der Waals surface area contributed by atoms with Gasteiger partial charge in [0.15, 0.2) is 0 Å². The van der Waals surface area contributed by atoms with Crippen LogP contribution in [0.25, 0.3) is 0 Å². The highest BCUT2D eigenvalue weighted by Gasteiger charge is 2.44.